The van der Waals surface area contributed by atoms with Crippen LogP contribution in [0.2, 0.25) is 0 Å². The number of fused-ring (bicyclic) bond motifs is 1. The highest BCUT2D eigenvalue weighted by atomic mass is 32.2. The van der Waals surface area contributed by atoms with E-state index in [1.165, 1.54) is 44.6 Å². The Balaban J connectivity index is 1.63. The lowest BCUT2D eigenvalue weighted by Gasteiger charge is -2.10. The molecule has 3 aromatic carbocycles. The normalized spacial score (nSPS) is 14.1. The van der Waals surface area contributed by atoms with Crippen LogP contribution in [0.5, 0.6) is 23.0 Å². The average molecular weight is 438 g/mol. The molecule has 0 atom stereocenters. The topological polar surface area (TPSA) is 88.1 Å². The molecule has 1 aliphatic rings. The van der Waals surface area contributed by atoms with Crippen molar-refractivity contribution in [2.75, 3.05) is 14.2 Å². The van der Waals surface area contributed by atoms with Gasteiger partial charge in [-0.2, -0.15) is 8.42 Å². The highest BCUT2D eigenvalue weighted by molar-refractivity contribution is 7.87. The van der Waals surface area contributed by atoms with E-state index in [1.54, 1.807) is 42.5 Å². The molecule has 3 aromatic rings. The van der Waals surface area contributed by atoms with Gasteiger partial charge >= 0.3 is 10.1 Å². The van der Waals surface area contributed by atoms with Gasteiger partial charge in [0.15, 0.2) is 17.3 Å². The van der Waals surface area contributed by atoms with Crippen LogP contribution in [0, 0.1) is 0 Å². The molecule has 0 unspecified atom stereocenters. The van der Waals surface area contributed by atoms with Gasteiger partial charge in [-0.25, -0.2) is 0 Å². The summed E-state index contributed by atoms with van der Waals surface area (Å²) >= 11 is 0. The molecule has 31 heavy (non-hydrogen) atoms. The maximum atomic E-state index is 12.7. The van der Waals surface area contributed by atoms with Crippen molar-refractivity contribution in [2.45, 2.75) is 4.90 Å². The lowest BCUT2D eigenvalue weighted by atomic mass is 10.1. The third-order valence-electron chi connectivity index (χ3n) is 4.60. The fourth-order valence-electron chi connectivity index (χ4n) is 3.15. The smallest absolute Gasteiger partial charge is 0.339 e. The van der Waals surface area contributed by atoms with Crippen molar-refractivity contribution in [3.8, 4) is 23.0 Å². The zero-order chi connectivity index (χ0) is 22.0. The molecule has 0 aromatic heterocycles. The number of methoxy groups -OCH3 is 2. The van der Waals surface area contributed by atoms with Crippen molar-refractivity contribution >= 4 is 22.0 Å². The third-order valence-corrected chi connectivity index (χ3v) is 5.86. The van der Waals surface area contributed by atoms with E-state index in [-0.39, 0.29) is 27.9 Å². The van der Waals surface area contributed by atoms with Gasteiger partial charge < -0.3 is 18.4 Å². The number of carbonyl (C=O) groups is 1. The maximum absolute atomic E-state index is 12.7. The molecule has 0 bridgehead atoms. The van der Waals surface area contributed by atoms with Crippen molar-refractivity contribution in [1.82, 2.24) is 0 Å². The van der Waals surface area contributed by atoms with Gasteiger partial charge in [-0.1, -0.05) is 30.3 Å². The Kier molecular flexibility index (Phi) is 5.39. The number of benzene rings is 3. The summed E-state index contributed by atoms with van der Waals surface area (Å²) in [6.45, 7) is 0. The van der Waals surface area contributed by atoms with Gasteiger partial charge in [0.1, 0.15) is 16.4 Å². The summed E-state index contributed by atoms with van der Waals surface area (Å²) in [4.78, 5) is 12.8. The first-order chi connectivity index (χ1) is 14.9. The Morgan fingerprint density at radius 3 is 2.39 bits per heavy atom. The monoisotopic (exact) mass is 438 g/mol. The van der Waals surface area contributed by atoms with E-state index in [0.717, 1.165) is 0 Å². The molecule has 0 fully saturated rings. The molecule has 1 heterocycles. The number of ketones is 1. The van der Waals surface area contributed by atoms with E-state index in [4.69, 9.17) is 18.4 Å². The molecular formula is C23H18O7S. The number of hydrogen-bond donors (Lipinski definition) is 0. The number of rotatable bonds is 6. The first-order valence-corrected chi connectivity index (χ1v) is 10.6. The van der Waals surface area contributed by atoms with Crippen LogP contribution in [0.25, 0.3) is 6.08 Å². The summed E-state index contributed by atoms with van der Waals surface area (Å²) in [5.74, 6) is 0.959. The van der Waals surface area contributed by atoms with Crippen molar-refractivity contribution < 1.29 is 31.6 Å². The van der Waals surface area contributed by atoms with E-state index in [9.17, 15) is 13.2 Å². The number of carbonyl (C=O) groups excluding carboxylic acids is 1. The van der Waals surface area contributed by atoms with Crippen LogP contribution in [-0.4, -0.2) is 28.4 Å². The fraction of sp³-hybridized carbons (Fsp3) is 0.0870. The van der Waals surface area contributed by atoms with Gasteiger partial charge in [-0.05, 0) is 36.4 Å². The molecule has 0 aliphatic carbocycles. The van der Waals surface area contributed by atoms with Crippen LogP contribution in [0.1, 0.15) is 15.9 Å². The summed E-state index contributed by atoms with van der Waals surface area (Å²) in [6, 6.07) is 17.3. The summed E-state index contributed by atoms with van der Waals surface area (Å²) in [7, 11) is -0.985. The van der Waals surface area contributed by atoms with Crippen molar-refractivity contribution in [3.63, 3.8) is 0 Å². The number of Topliss-reactive ketones (excluding diaryl/α,β-unsaturated/α-hetero) is 1. The summed E-state index contributed by atoms with van der Waals surface area (Å²) < 4.78 is 46.4. The van der Waals surface area contributed by atoms with E-state index in [1.807, 2.05) is 0 Å². The van der Waals surface area contributed by atoms with Crippen molar-refractivity contribution in [1.29, 1.82) is 0 Å². The Bertz CT molecular complexity index is 1280. The molecule has 0 saturated heterocycles. The quantitative estimate of drug-likeness (QED) is 0.423. The van der Waals surface area contributed by atoms with Crippen LogP contribution in [0.4, 0.5) is 0 Å². The van der Waals surface area contributed by atoms with Crippen LogP contribution in [0.3, 0.4) is 0 Å². The summed E-state index contributed by atoms with van der Waals surface area (Å²) in [5, 5.41) is 0. The molecular weight excluding hydrogens is 420 g/mol. The first kappa shape index (κ1) is 20.5. The summed E-state index contributed by atoms with van der Waals surface area (Å²) in [6.07, 6.45) is 1.55. The molecule has 0 amide bonds. The Morgan fingerprint density at radius 1 is 0.903 bits per heavy atom. The van der Waals surface area contributed by atoms with Crippen LogP contribution in [-0.2, 0) is 10.1 Å². The maximum Gasteiger partial charge on any atom is 0.339 e. The molecule has 158 valence electrons. The predicted octanol–water partition coefficient (Wildman–Crippen LogP) is 4.09. The van der Waals surface area contributed by atoms with Crippen molar-refractivity contribution in [3.05, 3.63) is 83.6 Å². The number of allylic oxidation sites excluding steroid dienone is 1. The molecule has 8 heteroatoms. The van der Waals surface area contributed by atoms with Gasteiger partial charge in [0.05, 0.1) is 19.8 Å². The SMILES string of the molecule is COc1cccc(C=C2Oc3cc(OS(=O)(=O)c4ccccc4)ccc3C2=O)c1OC. The van der Waals surface area contributed by atoms with Crippen LogP contribution >= 0.6 is 0 Å². The second-order valence-corrected chi connectivity index (χ2v) is 8.08. The molecule has 0 saturated carbocycles. The minimum absolute atomic E-state index is 0.0261. The Labute approximate surface area is 179 Å². The molecule has 0 radical (unpaired) electrons. The Morgan fingerprint density at radius 2 is 1.68 bits per heavy atom. The lowest BCUT2D eigenvalue weighted by Crippen LogP contribution is -2.09. The highest BCUT2D eigenvalue weighted by Gasteiger charge is 2.29. The molecule has 4 rings (SSSR count). The largest absolute Gasteiger partial charge is 0.493 e. The van der Waals surface area contributed by atoms with Gasteiger partial charge in [0.25, 0.3) is 0 Å². The van der Waals surface area contributed by atoms with E-state index in [0.29, 0.717) is 22.6 Å². The zero-order valence-electron chi connectivity index (χ0n) is 16.7. The Hall–Kier alpha value is -3.78. The molecule has 0 spiro atoms. The second-order valence-electron chi connectivity index (χ2n) is 6.53. The highest BCUT2D eigenvalue weighted by Crippen LogP contribution is 2.38. The van der Waals surface area contributed by atoms with Gasteiger partial charge in [-0.15, -0.1) is 0 Å². The fourth-order valence-corrected chi connectivity index (χ4v) is 4.09. The number of hydrogen-bond acceptors (Lipinski definition) is 7. The summed E-state index contributed by atoms with van der Waals surface area (Å²) in [5.41, 5.74) is 0.902. The predicted molar refractivity (Wildman–Crippen MR) is 113 cm³/mol. The van der Waals surface area contributed by atoms with Crippen LogP contribution < -0.4 is 18.4 Å². The minimum atomic E-state index is -4.01. The van der Waals surface area contributed by atoms with Gasteiger partial charge in [0, 0.05) is 11.6 Å². The van der Waals surface area contributed by atoms with Crippen LogP contribution in [0.15, 0.2) is 77.4 Å². The average Bonchev–Trinajstić information content (AvgIpc) is 3.08. The van der Waals surface area contributed by atoms with E-state index in [2.05, 4.69) is 0 Å². The van der Waals surface area contributed by atoms with Crippen molar-refractivity contribution in [2.24, 2.45) is 0 Å². The standard InChI is InChI=1S/C23H18O7S/c1-27-19-10-6-7-15(23(19)28-2)13-21-22(24)18-12-11-16(14-20(18)29-21)30-31(25,26)17-8-4-3-5-9-17/h3-14H,1-2H3. The van der Waals surface area contributed by atoms with E-state index < -0.39 is 10.1 Å². The zero-order valence-corrected chi connectivity index (χ0v) is 17.5. The molecule has 7 nitrogen and oxygen atoms in total. The van der Waals surface area contributed by atoms with Gasteiger partial charge in [0.2, 0.25) is 5.78 Å². The second kappa shape index (κ2) is 8.16. The molecule has 1 aliphatic heterocycles. The number of ether oxygens (including phenoxy) is 3. The van der Waals surface area contributed by atoms with E-state index >= 15 is 0 Å². The first-order valence-electron chi connectivity index (χ1n) is 9.22. The minimum Gasteiger partial charge on any atom is -0.493 e. The third kappa shape index (κ3) is 3.97. The van der Waals surface area contributed by atoms with Gasteiger partial charge in [-0.3, -0.25) is 4.79 Å². The molecule has 0 N–H and O–H groups in total. The lowest BCUT2D eigenvalue weighted by molar-refractivity contribution is 0.101. The number of para-hydroxylation sites is 1.